The molecule has 0 saturated carbocycles. The molecule has 0 spiro atoms. The molecular formula is C20H19NO4S. The predicted octanol–water partition coefficient (Wildman–Crippen LogP) is 3.44. The van der Waals surface area contributed by atoms with Crippen molar-refractivity contribution in [2.24, 2.45) is 0 Å². The van der Waals surface area contributed by atoms with Crippen LogP contribution in [0.4, 0.5) is 4.79 Å². The molecule has 1 N–H and O–H groups in total. The number of aliphatic carboxylic acids is 1. The summed E-state index contributed by atoms with van der Waals surface area (Å²) in [6.45, 7) is 0.612. The van der Waals surface area contributed by atoms with E-state index in [4.69, 9.17) is 4.74 Å². The lowest BCUT2D eigenvalue weighted by Crippen LogP contribution is -2.50. The molecule has 4 rings (SSSR count). The molecule has 0 bridgehead atoms. The van der Waals surface area contributed by atoms with E-state index in [1.807, 2.05) is 24.3 Å². The molecule has 1 unspecified atom stereocenters. The van der Waals surface area contributed by atoms with Crippen LogP contribution in [0.25, 0.3) is 11.1 Å². The van der Waals surface area contributed by atoms with E-state index < -0.39 is 18.1 Å². The van der Waals surface area contributed by atoms with Crippen LogP contribution in [0.3, 0.4) is 0 Å². The van der Waals surface area contributed by atoms with Crippen LogP contribution in [0, 0.1) is 0 Å². The first-order valence-corrected chi connectivity index (χ1v) is 9.74. The van der Waals surface area contributed by atoms with Crippen molar-refractivity contribution in [3.63, 3.8) is 0 Å². The molecule has 1 fully saturated rings. The van der Waals surface area contributed by atoms with E-state index in [-0.39, 0.29) is 12.5 Å². The highest BCUT2D eigenvalue weighted by Crippen LogP contribution is 2.44. The lowest BCUT2D eigenvalue weighted by atomic mass is 9.98. The van der Waals surface area contributed by atoms with E-state index in [9.17, 15) is 14.7 Å². The van der Waals surface area contributed by atoms with E-state index in [1.165, 1.54) is 16.0 Å². The summed E-state index contributed by atoms with van der Waals surface area (Å²) in [5.74, 6) is 0.132. The largest absolute Gasteiger partial charge is 0.480 e. The van der Waals surface area contributed by atoms with E-state index in [0.717, 1.165) is 16.9 Å². The minimum atomic E-state index is -0.981. The fourth-order valence-corrected chi connectivity index (χ4v) is 4.74. The lowest BCUT2D eigenvalue weighted by molar-refractivity contribution is -0.141. The quantitative estimate of drug-likeness (QED) is 0.898. The number of thioether (sulfide) groups is 1. The number of fused-ring (bicyclic) bond motifs is 3. The van der Waals surface area contributed by atoms with Crippen LogP contribution >= 0.6 is 11.8 Å². The summed E-state index contributed by atoms with van der Waals surface area (Å²) in [7, 11) is 0. The van der Waals surface area contributed by atoms with Crippen LogP contribution < -0.4 is 0 Å². The van der Waals surface area contributed by atoms with Gasteiger partial charge >= 0.3 is 12.1 Å². The van der Waals surface area contributed by atoms with Crippen molar-refractivity contribution in [1.82, 2.24) is 4.90 Å². The number of carboxylic acids is 1. The molecule has 1 heterocycles. The van der Waals surface area contributed by atoms with Gasteiger partial charge in [0, 0.05) is 24.0 Å². The standard InChI is InChI=1S/C20H19NO4S/c22-19(23)18-12-26-10-9-21(18)20(24)25-11-17-15-7-3-1-5-13(15)14-6-2-4-8-16(14)17/h1-8,17-18H,9-12H2,(H,22,23). The Morgan fingerprint density at radius 2 is 1.69 bits per heavy atom. The summed E-state index contributed by atoms with van der Waals surface area (Å²) < 4.78 is 5.57. The SMILES string of the molecule is O=C(O)C1CSCCN1C(=O)OCC1c2ccccc2-c2ccccc21. The molecule has 1 aliphatic heterocycles. The zero-order valence-electron chi connectivity index (χ0n) is 14.1. The van der Waals surface area contributed by atoms with Crippen molar-refractivity contribution >= 4 is 23.8 Å². The number of ether oxygens (including phenoxy) is 1. The van der Waals surface area contributed by atoms with Gasteiger partial charge in [0.15, 0.2) is 0 Å². The highest BCUT2D eigenvalue weighted by Gasteiger charge is 2.35. The van der Waals surface area contributed by atoms with Crippen LogP contribution in [-0.2, 0) is 9.53 Å². The van der Waals surface area contributed by atoms with Crippen molar-refractivity contribution in [3.05, 3.63) is 59.7 Å². The zero-order chi connectivity index (χ0) is 18.1. The molecule has 1 saturated heterocycles. The number of amides is 1. The first kappa shape index (κ1) is 17.0. The average Bonchev–Trinajstić information content (AvgIpc) is 3.00. The highest BCUT2D eigenvalue weighted by molar-refractivity contribution is 7.99. The van der Waals surface area contributed by atoms with Crippen molar-refractivity contribution in [2.75, 3.05) is 24.7 Å². The molecule has 134 valence electrons. The van der Waals surface area contributed by atoms with Gasteiger partial charge in [-0.25, -0.2) is 9.59 Å². The molecule has 2 aliphatic rings. The average molecular weight is 369 g/mol. The Kier molecular flexibility index (Phi) is 4.59. The maximum Gasteiger partial charge on any atom is 0.410 e. The molecule has 0 radical (unpaired) electrons. The van der Waals surface area contributed by atoms with Gasteiger partial charge in [-0.05, 0) is 22.3 Å². The second-order valence-electron chi connectivity index (χ2n) is 6.43. The van der Waals surface area contributed by atoms with Crippen LogP contribution in [-0.4, -0.2) is 52.8 Å². The third-order valence-electron chi connectivity index (χ3n) is 4.98. The summed E-state index contributed by atoms with van der Waals surface area (Å²) in [4.78, 5) is 25.3. The monoisotopic (exact) mass is 369 g/mol. The van der Waals surface area contributed by atoms with Crippen molar-refractivity contribution in [3.8, 4) is 11.1 Å². The summed E-state index contributed by atoms with van der Waals surface area (Å²) in [5.41, 5.74) is 4.62. The fraction of sp³-hybridized carbons (Fsp3) is 0.300. The number of benzene rings is 2. The molecule has 1 amide bonds. The molecule has 2 aromatic carbocycles. The Morgan fingerprint density at radius 1 is 1.08 bits per heavy atom. The minimum absolute atomic E-state index is 0.0196. The van der Waals surface area contributed by atoms with E-state index >= 15 is 0 Å². The highest BCUT2D eigenvalue weighted by atomic mass is 32.2. The Morgan fingerprint density at radius 3 is 2.31 bits per heavy atom. The number of rotatable bonds is 3. The molecule has 26 heavy (non-hydrogen) atoms. The van der Waals surface area contributed by atoms with Gasteiger partial charge in [-0.2, -0.15) is 11.8 Å². The van der Waals surface area contributed by atoms with E-state index in [0.29, 0.717) is 12.3 Å². The van der Waals surface area contributed by atoms with Gasteiger partial charge in [0.1, 0.15) is 12.6 Å². The Balaban J connectivity index is 1.53. The number of carbonyl (C=O) groups excluding carboxylic acids is 1. The first-order chi connectivity index (χ1) is 12.7. The van der Waals surface area contributed by atoms with Crippen LogP contribution in [0.2, 0.25) is 0 Å². The number of hydrogen-bond acceptors (Lipinski definition) is 4. The summed E-state index contributed by atoms with van der Waals surface area (Å²) in [6.07, 6.45) is -0.542. The maximum absolute atomic E-state index is 12.5. The molecule has 1 aliphatic carbocycles. The van der Waals surface area contributed by atoms with E-state index in [2.05, 4.69) is 24.3 Å². The number of carbonyl (C=O) groups is 2. The molecule has 2 aromatic rings. The minimum Gasteiger partial charge on any atom is -0.480 e. The van der Waals surface area contributed by atoms with Gasteiger partial charge in [-0.15, -0.1) is 0 Å². The van der Waals surface area contributed by atoms with Gasteiger partial charge in [-0.3, -0.25) is 4.90 Å². The molecule has 1 atom stereocenters. The fourth-order valence-electron chi connectivity index (χ4n) is 3.70. The van der Waals surface area contributed by atoms with Gasteiger partial charge in [-0.1, -0.05) is 48.5 Å². The third-order valence-corrected chi connectivity index (χ3v) is 6.01. The predicted molar refractivity (Wildman–Crippen MR) is 101 cm³/mol. The smallest absolute Gasteiger partial charge is 0.410 e. The second-order valence-corrected chi connectivity index (χ2v) is 7.58. The van der Waals surface area contributed by atoms with Crippen LogP contribution in [0.15, 0.2) is 48.5 Å². The number of carboxylic acid groups (broad SMARTS) is 1. The Labute approximate surface area is 156 Å². The van der Waals surface area contributed by atoms with Crippen LogP contribution in [0.5, 0.6) is 0 Å². The Hall–Kier alpha value is -2.47. The molecular weight excluding hydrogens is 350 g/mol. The van der Waals surface area contributed by atoms with Gasteiger partial charge < -0.3 is 9.84 Å². The lowest BCUT2D eigenvalue weighted by Gasteiger charge is -2.32. The topological polar surface area (TPSA) is 66.8 Å². The van der Waals surface area contributed by atoms with Crippen LogP contribution in [0.1, 0.15) is 17.0 Å². The Bertz CT molecular complexity index is 808. The molecule has 6 heteroatoms. The van der Waals surface area contributed by atoms with Crippen molar-refractivity contribution in [1.29, 1.82) is 0 Å². The summed E-state index contributed by atoms with van der Waals surface area (Å²) >= 11 is 1.55. The molecule has 5 nitrogen and oxygen atoms in total. The van der Waals surface area contributed by atoms with Gasteiger partial charge in [0.05, 0.1) is 0 Å². The second kappa shape index (κ2) is 7.03. The normalized spacial score (nSPS) is 18.9. The van der Waals surface area contributed by atoms with E-state index in [1.54, 1.807) is 11.8 Å². The van der Waals surface area contributed by atoms with Crippen molar-refractivity contribution in [2.45, 2.75) is 12.0 Å². The third kappa shape index (κ3) is 2.94. The summed E-state index contributed by atoms with van der Waals surface area (Å²) in [5, 5.41) is 9.33. The zero-order valence-corrected chi connectivity index (χ0v) is 14.9. The van der Waals surface area contributed by atoms with Gasteiger partial charge in [0.2, 0.25) is 0 Å². The summed E-state index contributed by atoms with van der Waals surface area (Å²) in [6, 6.07) is 15.5. The van der Waals surface area contributed by atoms with Gasteiger partial charge in [0.25, 0.3) is 0 Å². The maximum atomic E-state index is 12.5. The number of hydrogen-bond donors (Lipinski definition) is 1. The molecule has 0 aromatic heterocycles. The van der Waals surface area contributed by atoms with Crippen molar-refractivity contribution < 1.29 is 19.4 Å². The number of nitrogens with zero attached hydrogens (tertiary/aromatic N) is 1. The first-order valence-electron chi connectivity index (χ1n) is 8.59.